The molecular formula is C12H12BrN3O. The van der Waals surface area contributed by atoms with E-state index < -0.39 is 0 Å². The van der Waals surface area contributed by atoms with Crippen LogP contribution in [0.2, 0.25) is 0 Å². The van der Waals surface area contributed by atoms with Crippen LogP contribution in [0.25, 0.3) is 5.69 Å². The van der Waals surface area contributed by atoms with Crippen molar-refractivity contribution < 1.29 is 4.79 Å². The summed E-state index contributed by atoms with van der Waals surface area (Å²) >= 11 is 3.42. The van der Waals surface area contributed by atoms with Crippen molar-refractivity contribution in [3.63, 3.8) is 0 Å². The van der Waals surface area contributed by atoms with E-state index in [1.165, 1.54) is 6.92 Å². The highest BCUT2D eigenvalue weighted by Gasteiger charge is 2.14. The molecule has 1 aromatic carbocycles. The molecule has 0 aliphatic carbocycles. The predicted molar refractivity (Wildman–Crippen MR) is 68.5 cm³/mol. The average molecular weight is 294 g/mol. The maximum atomic E-state index is 11.3. The minimum Gasteiger partial charge on any atom is -0.293 e. The number of benzene rings is 1. The van der Waals surface area contributed by atoms with Gasteiger partial charge in [-0.25, -0.2) is 4.68 Å². The third-order valence-electron chi connectivity index (χ3n) is 2.62. The molecule has 0 unspecified atom stereocenters. The van der Waals surface area contributed by atoms with E-state index in [1.54, 1.807) is 4.68 Å². The Morgan fingerprint density at radius 1 is 1.35 bits per heavy atom. The lowest BCUT2D eigenvalue weighted by molar-refractivity contribution is 0.101. The molecule has 17 heavy (non-hydrogen) atoms. The zero-order valence-corrected chi connectivity index (χ0v) is 11.4. The molecule has 0 saturated heterocycles. The molecule has 0 amide bonds. The lowest BCUT2D eigenvalue weighted by Gasteiger charge is -2.07. The second kappa shape index (κ2) is 4.41. The zero-order chi connectivity index (χ0) is 12.6. The number of hydrogen-bond acceptors (Lipinski definition) is 3. The van der Waals surface area contributed by atoms with Crippen molar-refractivity contribution in [3.05, 3.63) is 39.6 Å². The van der Waals surface area contributed by atoms with Crippen LogP contribution in [0.1, 0.15) is 28.7 Å². The maximum Gasteiger partial charge on any atom is 0.181 e. The molecule has 5 heteroatoms. The Morgan fingerprint density at radius 2 is 2.06 bits per heavy atom. The first-order valence-electron chi connectivity index (χ1n) is 5.20. The van der Waals surface area contributed by atoms with Gasteiger partial charge in [0.2, 0.25) is 0 Å². The second-order valence-electron chi connectivity index (χ2n) is 3.92. The van der Waals surface area contributed by atoms with E-state index in [2.05, 4.69) is 26.2 Å². The Balaban J connectivity index is 2.57. The lowest BCUT2D eigenvalue weighted by atomic mass is 10.2. The van der Waals surface area contributed by atoms with Crippen LogP contribution < -0.4 is 0 Å². The van der Waals surface area contributed by atoms with Gasteiger partial charge in [0.15, 0.2) is 11.5 Å². The van der Waals surface area contributed by atoms with E-state index in [-0.39, 0.29) is 5.78 Å². The Kier molecular flexibility index (Phi) is 3.11. The number of rotatable bonds is 2. The summed E-state index contributed by atoms with van der Waals surface area (Å²) in [5.74, 6) is -0.0662. The third kappa shape index (κ3) is 2.15. The van der Waals surface area contributed by atoms with Crippen LogP contribution in [0.4, 0.5) is 0 Å². The monoisotopic (exact) mass is 293 g/mol. The summed E-state index contributed by atoms with van der Waals surface area (Å²) < 4.78 is 2.71. The van der Waals surface area contributed by atoms with Crippen molar-refractivity contribution in [2.45, 2.75) is 20.8 Å². The molecule has 0 atom stereocenters. The number of aryl methyl sites for hydroxylation is 1. The number of aromatic nitrogens is 3. The molecule has 0 N–H and O–H groups in total. The molecule has 0 radical (unpaired) electrons. The molecule has 4 nitrogen and oxygen atoms in total. The molecule has 0 aliphatic rings. The summed E-state index contributed by atoms with van der Waals surface area (Å²) in [6, 6.07) is 5.89. The zero-order valence-electron chi connectivity index (χ0n) is 9.86. The molecule has 1 aromatic heterocycles. The van der Waals surface area contributed by atoms with E-state index >= 15 is 0 Å². The minimum atomic E-state index is -0.0662. The second-order valence-corrected chi connectivity index (χ2v) is 4.84. The topological polar surface area (TPSA) is 47.8 Å². The van der Waals surface area contributed by atoms with Crippen molar-refractivity contribution >= 4 is 21.7 Å². The molecule has 0 saturated carbocycles. The summed E-state index contributed by atoms with van der Waals surface area (Å²) in [5, 5.41) is 7.94. The molecule has 0 fully saturated rings. The molecule has 0 aliphatic heterocycles. The molecule has 1 heterocycles. The first-order chi connectivity index (χ1) is 8.00. The highest BCUT2D eigenvalue weighted by atomic mass is 79.9. The first-order valence-corrected chi connectivity index (χ1v) is 5.99. The number of carbonyl (C=O) groups is 1. The van der Waals surface area contributed by atoms with Crippen LogP contribution in [0, 0.1) is 13.8 Å². The van der Waals surface area contributed by atoms with Crippen molar-refractivity contribution in [1.29, 1.82) is 0 Å². The van der Waals surface area contributed by atoms with Gasteiger partial charge in [0.1, 0.15) is 0 Å². The third-order valence-corrected chi connectivity index (χ3v) is 3.11. The van der Waals surface area contributed by atoms with Crippen LogP contribution in [-0.2, 0) is 0 Å². The van der Waals surface area contributed by atoms with Crippen LogP contribution in [0.5, 0.6) is 0 Å². The summed E-state index contributed by atoms with van der Waals surface area (Å²) in [7, 11) is 0. The highest BCUT2D eigenvalue weighted by Crippen LogP contribution is 2.20. The summed E-state index contributed by atoms with van der Waals surface area (Å²) in [6.45, 7) is 5.34. The number of carbonyl (C=O) groups excluding carboxylic acids is 1. The van der Waals surface area contributed by atoms with Gasteiger partial charge in [-0.2, -0.15) is 0 Å². The molecule has 0 spiro atoms. The number of nitrogens with zero attached hydrogens (tertiary/aromatic N) is 3. The van der Waals surface area contributed by atoms with Gasteiger partial charge >= 0.3 is 0 Å². The molecule has 2 rings (SSSR count). The van der Waals surface area contributed by atoms with E-state index in [0.717, 1.165) is 21.4 Å². The van der Waals surface area contributed by atoms with Crippen molar-refractivity contribution in [3.8, 4) is 5.69 Å². The van der Waals surface area contributed by atoms with Gasteiger partial charge in [0, 0.05) is 11.4 Å². The number of ketones is 1. The quantitative estimate of drug-likeness (QED) is 0.800. The van der Waals surface area contributed by atoms with Crippen molar-refractivity contribution in [1.82, 2.24) is 15.0 Å². The SMILES string of the molecule is CC(=O)c1nnn(-c2ccc(Br)cc2C)c1C. The van der Waals surface area contributed by atoms with E-state index in [1.807, 2.05) is 32.0 Å². The fraction of sp³-hybridized carbons (Fsp3) is 0.250. The normalized spacial score (nSPS) is 10.6. The summed E-state index contributed by atoms with van der Waals surface area (Å²) in [6.07, 6.45) is 0. The standard InChI is InChI=1S/C12H12BrN3O/c1-7-6-10(13)4-5-11(7)16-8(2)12(9(3)17)14-15-16/h4-6H,1-3H3. The molecular weight excluding hydrogens is 282 g/mol. The van der Waals surface area contributed by atoms with Crippen molar-refractivity contribution in [2.75, 3.05) is 0 Å². The van der Waals surface area contributed by atoms with Crippen molar-refractivity contribution in [2.24, 2.45) is 0 Å². The highest BCUT2D eigenvalue weighted by molar-refractivity contribution is 9.10. The first kappa shape index (κ1) is 12.0. The van der Waals surface area contributed by atoms with Gasteiger partial charge in [-0.1, -0.05) is 21.1 Å². The van der Waals surface area contributed by atoms with E-state index in [9.17, 15) is 4.79 Å². The minimum absolute atomic E-state index is 0.0662. The lowest BCUT2D eigenvalue weighted by Crippen LogP contribution is -2.03. The summed E-state index contributed by atoms with van der Waals surface area (Å²) in [4.78, 5) is 11.3. The average Bonchev–Trinajstić information content (AvgIpc) is 2.60. The largest absolute Gasteiger partial charge is 0.293 e. The van der Waals surface area contributed by atoms with Gasteiger partial charge in [0.05, 0.1) is 11.4 Å². The fourth-order valence-corrected chi connectivity index (χ4v) is 2.22. The molecule has 88 valence electrons. The Morgan fingerprint density at radius 3 is 2.59 bits per heavy atom. The van der Waals surface area contributed by atoms with Gasteiger partial charge in [-0.15, -0.1) is 5.10 Å². The Labute approximate surface area is 108 Å². The maximum absolute atomic E-state index is 11.3. The molecule has 0 bridgehead atoms. The fourth-order valence-electron chi connectivity index (χ4n) is 1.74. The van der Waals surface area contributed by atoms with Gasteiger partial charge < -0.3 is 0 Å². The van der Waals surface area contributed by atoms with Gasteiger partial charge in [-0.3, -0.25) is 4.79 Å². The van der Waals surface area contributed by atoms with Crippen LogP contribution in [0.15, 0.2) is 22.7 Å². The molecule has 2 aromatic rings. The number of Topliss-reactive ketones (excluding diaryl/α,β-unsaturated/α-hetero) is 1. The Bertz CT molecular complexity index is 589. The van der Waals surface area contributed by atoms with Crippen LogP contribution >= 0.6 is 15.9 Å². The van der Waals surface area contributed by atoms with Gasteiger partial charge in [-0.05, 0) is 37.6 Å². The number of halogens is 1. The Hall–Kier alpha value is -1.49. The predicted octanol–water partition coefficient (Wildman–Crippen LogP) is 2.85. The van der Waals surface area contributed by atoms with E-state index in [0.29, 0.717) is 5.69 Å². The smallest absolute Gasteiger partial charge is 0.181 e. The summed E-state index contributed by atoms with van der Waals surface area (Å²) in [5.41, 5.74) is 3.20. The van der Waals surface area contributed by atoms with E-state index in [4.69, 9.17) is 0 Å². The van der Waals surface area contributed by atoms with Gasteiger partial charge in [0.25, 0.3) is 0 Å². The number of hydrogen-bond donors (Lipinski definition) is 0. The van der Waals surface area contributed by atoms with Crippen LogP contribution in [-0.4, -0.2) is 20.8 Å². The van der Waals surface area contributed by atoms with Crippen LogP contribution in [0.3, 0.4) is 0 Å².